The molecule has 0 spiro atoms. The van der Waals surface area contributed by atoms with E-state index in [2.05, 4.69) is 27.9 Å². The number of rotatable bonds is 6. The van der Waals surface area contributed by atoms with Crippen LogP contribution < -0.4 is 16.0 Å². The molecule has 2 amide bonds. The van der Waals surface area contributed by atoms with Crippen molar-refractivity contribution in [1.82, 2.24) is 15.5 Å². The second kappa shape index (κ2) is 10.6. The number of carbonyl (C=O) groups excluding carboxylic acids is 1. The van der Waals surface area contributed by atoms with Crippen LogP contribution in [0.5, 0.6) is 0 Å². The average Bonchev–Trinajstić information content (AvgIpc) is 3.28. The van der Waals surface area contributed by atoms with Gasteiger partial charge in [-0.25, -0.2) is 9.79 Å². The van der Waals surface area contributed by atoms with Gasteiger partial charge in [-0.3, -0.25) is 0 Å². The Kier molecular flexibility index (Phi) is 8.47. The van der Waals surface area contributed by atoms with E-state index in [0.29, 0.717) is 6.54 Å². The average molecular weight is 471 g/mol. The highest BCUT2D eigenvalue weighted by molar-refractivity contribution is 14.0. The van der Waals surface area contributed by atoms with E-state index < -0.39 is 0 Å². The summed E-state index contributed by atoms with van der Waals surface area (Å²) in [6.07, 6.45) is 4.85. The molecule has 1 aliphatic carbocycles. The molecule has 0 atom stereocenters. The van der Waals surface area contributed by atoms with Gasteiger partial charge in [-0.15, -0.1) is 24.0 Å². The van der Waals surface area contributed by atoms with Crippen LogP contribution in [0.15, 0.2) is 29.3 Å². The molecule has 26 heavy (non-hydrogen) atoms. The molecule has 3 N–H and O–H groups in total. The number of nitrogens with zero attached hydrogens (tertiary/aromatic N) is 2. The van der Waals surface area contributed by atoms with Crippen molar-refractivity contribution in [3.8, 4) is 0 Å². The van der Waals surface area contributed by atoms with Gasteiger partial charge in [0.1, 0.15) is 0 Å². The summed E-state index contributed by atoms with van der Waals surface area (Å²) in [5, 5.41) is 9.67. The number of benzene rings is 1. The van der Waals surface area contributed by atoms with Crippen molar-refractivity contribution in [2.75, 3.05) is 31.5 Å². The van der Waals surface area contributed by atoms with Crippen molar-refractivity contribution >= 4 is 41.7 Å². The molecule has 1 heterocycles. The minimum atomic E-state index is -0.00223. The monoisotopic (exact) mass is 471 g/mol. The van der Waals surface area contributed by atoms with E-state index in [4.69, 9.17) is 0 Å². The van der Waals surface area contributed by atoms with E-state index in [1.165, 1.54) is 12.8 Å². The molecule has 0 aromatic heterocycles. The summed E-state index contributed by atoms with van der Waals surface area (Å²) in [6.45, 7) is 6.22. The van der Waals surface area contributed by atoms with Crippen LogP contribution >= 0.6 is 24.0 Å². The lowest BCUT2D eigenvalue weighted by Crippen LogP contribution is -2.38. The summed E-state index contributed by atoms with van der Waals surface area (Å²) in [5.74, 6) is 1.67. The van der Waals surface area contributed by atoms with Gasteiger partial charge in [0.2, 0.25) is 0 Å². The Morgan fingerprint density at radius 2 is 2.00 bits per heavy atom. The molecule has 2 fully saturated rings. The number of hydrogen-bond donors (Lipinski definition) is 3. The third-order valence-electron chi connectivity index (χ3n) is 4.59. The smallest absolute Gasteiger partial charge is 0.321 e. The summed E-state index contributed by atoms with van der Waals surface area (Å²) < 4.78 is 0. The van der Waals surface area contributed by atoms with Crippen molar-refractivity contribution in [3.63, 3.8) is 0 Å². The molecule has 1 aromatic rings. The lowest BCUT2D eigenvalue weighted by atomic mass is 10.2. The zero-order chi connectivity index (χ0) is 17.5. The fourth-order valence-electron chi connectivity index (χ4n) is 2.95. The first kappa shape index (κ1) is 20.8. The van der Waals surface area contributed by atoms with Gasteiger partial charge in [0, 0.05) is 31.9 Å². The number of guanidine groups is 1. The highest BCUT2D eigenvalue weighted by Crippen LogP contribution is 2.27. The highest BCUT2D eigenvalue weighted by Gasteiger charge is 2.21. The Balaban J connectivity index is 0.00000243. The zero-order valence-corrected chi connectivity index (χ0v) is 17.8. The number of aliphatic imine (C=N–C) groups is 1. The molecule has 1 aromatic carbocycles. The van der Waals surface area contributed by atoms with Gasteiger partial charge in [0.25, 0.3) is 0 Å². The number of carbonyl (C=O) groups is 1. The molecule has 144 valence electrons. The van der Waals surface area contributed by atoms with Crippen molar-refractivity contribution in [3.05, 3.63) is 29.8 Å². The van der Waals surface area contributed by atoms with Crippen molar-refractivity contribution in [1.29, 1.82) is 0 Å². The molecule has 0 radical (unpaired) electrons. The van der Waals surface area contributed by atoms with Gasteiger partial charge in [-0.05, 0) is 56.2 Å². The predicted octanol–water partition coefficient (Wildman–Crippen LogP) is 3.40. The van der Waals surface area contributed by atoms with Gasteiger partial charge in [0.05, 0.1) is 6.54 Å². The Morgan fingerprint density at radius 1 is 1.23 bits per heavy atom. The Morgan fingerprint density at radius 3 is 2.69 bits per heavy atom. The second-order valence-electron chi connectivity index (χ2n) is 6.84. The van der Waals surface area contributed by atoms with Crippen LogP contribution in [0, 0.1) is 5.92 Å². The van der Waals surface area contributed by atoms with E-state index in [1.807, 2.05) is 29.2 Å². The minimum absolute atomic E-state index is 0. The summed E-state index contributed by atoms with van der Waals surface area (Å²) in [6, 6.07) is 7.94. The highest BCUT2D eigenvalue weighted by atomic mass is 127. The largest absolute Gasteiger partial charge is 0.357 e. The Labute approximate surface area is 173 Å². The first-order chi connectivity index (χ1) is 12.2. The number of anilines is 1. The quantitative estimate of drug-likeness (QED) is 0.339. The summed E-state index contributed by atoms with van der Waals surface area (Å²) in [4.78, 5) is 18.7. The first-order valence-corrected chi connectivity index (χ1v) is 9.41. The molecule has 7 heteroatoms. The normalized spacial score (nSPS) is 16.8. The van der Waals surface area contributed by atoms with E-state index in [1.54, 1.807) is 0 Å². The van der Waals surface area contributed by atoms with Gasteiger partial charge in [-0.2, -0.15) is 0 Å². The minimum Gasteiger partial charge on any atom is -0.357 e. The second-order valence-corrected chi connectivity index (χ2v) is 6.84. The lowest BCUT2D eigenvalue weighted by Gasteiger charge is -2.16. The van der Waals surface area contributed by atoms with Crippen LogP contribution in [0.25, 0.3) is 0 Å². The maximum absolute atomic E-state index is 12.2. The maximum atomic E-state index is 12.2. The number of likely N-dealkylation sites (tertiary alicyclic amines) is 1. The van der Waals surface area contributed by atoms with Crippen molar-refractivity contribution in [2.24, 2.45) is 10.9 Å². The van der Waals surface area contributed by atoms with Crippen LogP contribution in [0.3, 0.4) is 0 Å². The summed E-state index contributed by atoms with van der Waals surface area (Å²) >= 11 is 0. The number of urea groups is 1. The van der Waals surface area contributed by atoms with E-state index in [9.17, 15) is 4.79 Å². The first-order valence-electron chi connectivity index (χ1n) is 9.41. The summed E-state index contributed by atoms with van der Waals surface area (Å²) in [7, 11) is 0. The van der Waals surface area contributed by atoms with Crippen LogP contribution in [0.2, 0.25) is 0 Å². The molecule has 2 aliphatic rings. The number of halogens is 1. The molecule has 1 saturated heterocycles. The van der Waals surface area contributed by atoms with E-state index in [0.717, 1.165) is 62.1 Å². The van der Waals surface area contributed by atoms with E-state index >= 15 is 0 Å². The molecule has 0 unspecified atom stereocenters. The third kappa shape index (κ3) is 6.66. The van der Waals surface area contributed by atoms with Gasteiger partial charge in [0.15, 0.2) is 5.96 Å². The fraction of sp³-hybridized carbons (Fsp3) is 0.579. The van der Waals surface area contributed by atoms with Crippen molar-refractivity contribution in [2.45, 2.75) is 39.2 Å². The van der Waals surface area contributed by atoms with Gasteiger partial charge >= 0.3 is 6.03 Å². The Bertz CT molecular complexity index is 612. The van der Waals surface area contributed by atoms with Crippen LogP contribution in [0.4, 0.5) is 10.5 Å². The topological polar surface area (TPSA) is 68.8 Å². The SMILES string of the molecule is CCNC(=NCc1cccc(NC(=O)N2CCCC2)c1)NCC1CC1.I. The molecule has 1 saturated carbocycles. The standard InChI is InChI=1S/C19H29N5O.HI/c1-2-20-18(21-13-15-8-9-15)22-14-16-6-5-7-17(12-16)23-19(25)24-10-3-4-11-24;/h5-7,12,15H,2-4,8-11,13-14H2,1H3,(H,23,25)(H2,20,21,22);1H. The molecular formula is C19H30IN5O. The predicted molar refractivity (Wildman–Crippen MR) is 117 cm³/mol. The molecule has 0 bridgehead atoms. The maximum Gasteiger partial charge on any atom is 0.321 e. The fourth-order valence-corrected chi connectivity index (χ4v) is 2.95. The van der Waals surface area contributed by atoms with Crippen LogP contribution in [-0.4, -0.2) is 43.1 Å². The number of nitrogens with one attached hydrogen (secondary N) is 3. The van der Waals surface area contributed by atoms with E-state index in [-0.39, 0.29) is 30.0 Å². The molecular weight excluding hydrogens is 441 g/mol. The Hall–Kier alpha value is -1.51. The number of hydrogen-bond acceptors (Lipinski definition) is 2. The third-order valence-corrected chi connectivity index (χ3v) is 4.59. The lowest BCUT2D eigenvalue weighted by molar-refractivity contribution is 0.222. The van der Waals surface area contributed by atoms with Crippen LogP contribution in [0.1, 0.15) is 38.2 Å². The zero-order valence-electron chi connectivity index (χ0n) is 15.5. The van der Waals surface area contributed by atoms with Gasteiger partial charge in [-0.1, -0.05) is 12.1 Å². The molecule has 3 rings (SSSR count). The van der Waals surface area contributed by atoms with Crippen molar-refractivity contribution < 1.29 is 4.79 Å². The number of amides is 2. The van der Waals surface area contributed by atoms with Gasteiger partial charge < -0.3 is 20.9 Å². The summed E-state index contributed by atoms with van der Waals surface area (Å²) in [5.41, 5.74) is 1.92. The molecule has 1 aliphatic heterocycles. The van der Waals surface area contributed by atoms with Crippen LogP contribution in [-0.2, 0) is 6.54 Å². The molecule has 6 nitrogen and oxygen atoms in total.